The standard InChI is InChI=1S/C20H25N3O/c1-15-8-6-7-11-19(15)22-18-12-16(13-21-14-18)20(24)23-17-9-4-2-3-5-10-17/h6-8,11-14,17,22H,2-5,9-10H2,1H3,(H,23,24). The number of hydrogen-bond acceptors (Lipinski definition) is 3. The van der Waals surface area contributed by atoms with Crippen LogP contribution in [0.2, 0.25) is 0 Å². The highest BCUT2D eigenvalue weighted by molar-refractivity contribution is 5.95. The summed E-state index contributed by atoms with van der Waals surface area (Å²) < 4.78 is 0. The van der Waals surface area contributed by atoms with Crippen LogP contribution in [0.3, 0.4) is 0 Å². The van der Waals surface area contributed by atoms with Crippen molar-refractivity contribution in [2.75, 3.05) is 5.32 Å². The normalized spacial score (nSPS) is 15.5. The predicted molar refractivity (Wildman–Crippen MR) is 97.7 cm³/mol. The molecule has 1 amide bonds. The molecule has 0 saturated heterocycles. The highest BCUT2D eigenvalue weighted by Crippen LogP contribution is 2.21. The Morgan fingerprint density at radius 2 is 1.83 bits per heavy atom. The second-order valence-electron chi connectivity index (χ2n) is 6.56. The van der Waals surface area contributed by atoms with Gasteiger partial charge in [0.15, 0.2) is 0 Å². The smallest absolute Gasteiger partial charge is 0.253 e. The summed E-state index contributed by atoms with van der Waals surface area (Å²) >= 11 is 0. The Balaban J connectivity index is 1.68. The number of nitrogens with one attached hydrogen (secondary N) is 2. The first kappa shape index (κ1) is 16.5. The first-order valence-corrected chi connectivity index (χ1v) is 8.81. The number of aryl methyl sites for hydroxylation is 1. The number of rotatable bonds is 4. The monoisotopic (exact) mass is 323 g/mol. The molecule has 1 saturated carbocycles. The molecule has 0 spiro atoms. The van der Waals surface area contributed by atoms with E-state index in [9.17, 15) is 4.79 Å². The molecule has 2 aromatic rings. The fraction of sp³-hybridized carbons (Fsp3) is 0.400. The van der Waals surface area contributed by atoms with Crippen molar-refractivity contribution in [2.24, 2.45) is 0 Å². The quantitative estimate of drug-likeness (QED) is 0.809. The van der Waals surface area contributed by atoms with Crippen LogP contribution in [-0.4, -0.2) is 16.9 Å². The summed E-state index contributed by atoms with van der Waals surface area (Å²) in [5.74, 6) is -0.0252. The minimum Gasteiger partial charge on any atom is -0.354 e. The Kier molecular flexibility index (Phi) is 5.47. The third-order valence-corrected chi connectivity index (χ3v) is 4.61. The largest absolute Gasteiger partial charge is 0.354 e. The summed E-state index contributed by atoms with van der Waals surface area (Å²) in [7, 11) is 0. The molecule has 0 radical (unpaired) electrons. The number of carbonyl (C=O) groups is 1. The van der Waals surface area contributed by atoms with Gasteiger partial charge in [-0.2, -0.15) is 0 Å². The Hall–Kier alpha value is -2.36. The number of pyridine rings is 1. The van der Waals surface area contributed by atoms with Crippen molar-refractivity contribution in [1.82, 2.24) is 10.3 Å². The molecule has 1 aromatic carbocycles. The molecule has 1 aromatic heterocycles. The predicted octanol–water partition coefficient (Wildman–Crippen LogP) is 4.59. The third-order valence-electron chi connectivity index (χ3n) is 4.61. The molecular weight excluding hydrogens is 298 g/mol. The van der Waals surface area contributed by atoms with Crippen LogP contribution in [0, 0.1) is 6.92 Å². The highest BCUT2D eigenvalue weighted by Gasteiger charge is 2.16. The molecule has 1 aliphatic rings. The number of benzene rings is 1. The summed E-state index contributed by atoms with van der Waals surface area (Å²) in [6.45, 7) is 2.05. The van der Waals surface area contributed by atoms with Gasteiger partial charge in [-0.15, -0.1) is 0 Å². The molecule has 4 nitrogen and oxygen atoms in total. The van der Waals surface area contributed by atoms with Gasteiger partial charge >= 0.3 is 0 Å². The average Bonchev–Trinajstić information content (AvgIpc) is 2.86. The molecule has 126 valence electrons. The van der Waals surface area contributed by atoms with Crippen LogP contribution < -0.4 is 10.6 Å². The van der Waals surface area contributed by atoms with Crippen molar-refractivity contribution in [3.05, 3.63) is 53.9 Å². The van der Waals surface area contributed by atoms with Crippen LogP contribution in [-0.2, 0) is 0 Å². The van der Waals surface area contributed by atoms with Crippen molar-refractivity contribution in [3.63, 3.8) is 0 Å². The van der Waals surface area contributed by atoms with Gasteiger partial charge in [-0.25, -0.2) is 0 Å². The van der Waals surface area contributed by atoms with Gasteiger partial charge in [0.25, 0.3) is 5.91 Å². The van der Waals surface area contributed by atoms with E-state index in [1.807, 2.05) is 24.3 Å². The zero-order valence-electron chi connectivity index (χ0n) is 14.2. The van der Waals surface area contributed by atoms with Gasteiger partial charge in [-0.05, 0) is 37.5 Å². The van der Waals surface area contributed by atoms with Crippen molar-refractivity contribution in [1.29, 1.82) is 0 Å². The van der Waals surface area contributed by atoms with Gasteiger partial charge < -0.3 is 10.6 Å². The summed E-state index contributed by atoms with van der Waals surface area (Å²) in [5, 5.41) is 6.51. The van der Waals surface area contributed by atoms with E-state index < -0.39 is 0 Å². The van der Waals surface area contributed by atoms with Gasteiger partial charge in [0, 0.05) is 17.9 Å². The molecule has 1 heterocycles. The number of hydrogen-bond donors (Lipinski definition) is 2. The van der Waals surface area contributed by atoms with E-state index >= 15 is 0 Å². The van der Waals surface area contributed by atoms with Gasteiger partial charge in [0.1, 0.15) is 0 Å². The van der Waals surface area contributed by atoms with Gasteiger partial charge in [-0.3, -0.25) is 9.78 Å². The number of para-hydroxylation sites is 1. The maximum Gasteiger partial charge on any atom is 0.253 e. The zero-order chi connectivity index (χ0) is 16.8. The second kappa shape index (κ2) is 7.95. The number of carbonyl (C=O) groups excluding carboxylic acids is 1. The van der Waals surface area contributed by atoms with Gasteiger partial charge in [0.2, 0.25) is 0 Å². The number of anilines is 2. The molecule has 1 aliphatic carbocycles. The molecular formula is C20H25N3O. The average molecular weight is 323 g/mol. The molecule has 24 heavy (non-hydrogen) atoms. The Bertz CT molecular complexity index is 691. The lowest BCUT2D eigenvalue weighted by Gasteiger charge is -2.16. The van der Waals surface area contributed by atoms with E-state index in [0.717, 1.165) is 29.8 Å². The lowest BCUT2D eigenvalue weighted by atomic mass is 10.1. The van der Waals surface area contributed by atoms with Crippen LogP contribution in [0.25, 0.3) is 0 Å². The first-order chi connectivity index (χ1) is 11.7. The van der Waals surface area contributed by atoms with Crippen molar-refractivity contribution in [2.45, 2.75) is 51.5 Å². The summed E-state index contributed by atoms with van der Waals surface area (Å²) in [6, 6.07) is 10.2. The van der Waals surface area contributed by atoms with Crippen LogP contribution in [0.4, 0.5) is 11.4 Å². The Labute approximate surface area is 143 Å². The zero-order valence-corrected chi connectivity index (χ0v) is 14.2. The molecule has 2 N–H and O–H groups in total. The van der Waals surface area contributed by atoms with Crippen LogP contribution in [0.1, 0.15) is 54.4 Å². The van der Waals surface area contributed by atoms with E-state index in [0.29, 0.717) is 11.6 Å². The maximum atomic E-state index is 12.5. The van der Waals surface area contributed by atoms with E-state index in [1.165, 1.54) is 25.7 Å². The van der Waals surface area contributed by atoms with Gasteiger partial charge in [0.05, 0.1) is 17.4 Å². The van der Waals surface area contributed by atoms with Crippen LogP contribution in [0.5, 0.6) is 0 Å². The first-order valence-electron chi connectivity index (χ1n) is 8.81. The third kappa shape index (κ3) is 4.34. The maximum absolute atomic E-state index is 12.5. The van der Waals surface area contributed by atoms with E-state index in [4.69, 9.17) is 0 Å². The molecule has 0 unspecified atom stereocenters. The van der Waals surface area contributed by atoms with Crippen LogP contribution in [0.15, 0.2) is 42.7 Å². The lowest BCUT2D eigenvalue weighted by Crippen LogP contribution is -2.34. The molecule has 1 fully saturated rings. The minimum atomic E-state index is -0.0252. The molecule has 4 heteroatoms. The van der Waals surface area contributed by atoms with Crippen molar-refractivity contribution >= 4 is 17.3 Å². The van der Waals surface area contributed by atoms with Crippen LogP contribution >= 0.6 is 0 Å². The fourth-order valence-electron chi connectivity index (χ4n) is 3.19. The molecule has 3 rings (SSSR count). The Morgan fingerprint density at radius 1 is 1.08 bits per heavy atom. The topological polar surface area (TPSA) is 54.0 Å². The number of nitrogens with zero attached hydrogens (tertiary/aromatic N) is 1. The number of amides is 1. The number of aromatic nitrogens is 1. The highest BCUT2D eigenvalue weighted by atomic mass is 16.1. The van der Waals surface area contributed by atoms with E-state index in [1.54, 1.807) is 12.4 Å². The Morgan fingerprint density at radius 3 is 2.58 bits per heavy atom. The van der Waals surface area contributed by atoms with E-state index in [2.05, 4.69) is 28.6 Å². The van der Waals surface area contributed by atoms with Crippen molar-refractivity contribution < 1.29 is 4.79 Å². The van der Waals surface area contributed by atoms with E-state index in [-0.39, 0.29) is 5.91 Å². The summed E-state index contributed by atoms with van der Waals surface area (Å²) in [5.41, 5.74) is 3.63. The second-order valence-corrected chi connectivity index (χ2v) is 6.56. The molecule has 0 bridgehead atoms. The summed E-state index contributed by atoms with van der Waals surface area (Å²) in [6.07, 6.45) is 10.5. The molecule has 0 atom stereocenters. The SMILES string of the molecule is Cc1ccccc1Nc1cncc(C(=O)NC2CCCCCC2)c1. The summed E-state index contributed by atoms with van der Waals surface area (Å²) in [4.78, 5) is 16.7. The van der Waals surface area contributed by atoms with Gasteiger partial charge in [-0.1, -0.05) is 43.9 Å². The van der Waals surface area contributed by atoms with Crippen molar-refractivity contribution in [3.8, 4) is 0 Å². The minimum absolute atomic E-state index is 0.0252. The lowest BCUT2D eigenvalue weighted by molar-refractivity contribution is 0.0933. The molecule has 0 aliphatic heterocycles. The fourth-order valence-corrected chi connectivity index (χ4v) is 3.19.